The van der Waals surface area contributed by atoms with E-state index in [4.69, 9.17) is 0 Å². The third-order valence-electron chi connectivity index (χ3n) is 3.58. The summed E-state index contributed by atoms with van der Waals surface area (Å²) in [4.78, 5) is 0. The van der Waals surface area contributed by atoms with E-state index in [2.05, 4.69) is 4.72 Å². The number of aromatic hydroxyl groups is 1. The van der Waals surface area contributed by atoms with Crippen molar-refractivity contribution in [2.24, 2.45) is 0 Å². The lowest BCUT2D eigenvalue weighted by Crippen LogP contribution is -2.41. The molecule has 0 amide bonds. The van der Waals surface area contributed by atoms with Gasteiger partial charge in [-0.3, -0.25) is 0 Å². The van der Waals surface area contributed by atoms with Gasteiger partial charge in [-0.1, -0.05) is 6.42 Å². The van der Waals surface area contributed by atoms with Gasteiger partial charge in [0.1, 0.15) is 4.75 Å². The van der Waals surface area contributed by atoms with Gasteiger partial charge in [-0.25, -0.2) is 4.39 Å². The molecule has 1 aliphatic rings. The van der Waals surface area contributed by atoms with Gasteiger partial charge in [0, 0.05) is 11.4 Å². The zero-order valence-electron chi connectivity index (χ0n) is 12.2. The van der Waals surface area contributed by atoms with E-state index in [1.165, 1.54) is 12.1 Å². The van der Waals surface area contributed by atoms with Gasteiger partial charge in [-0.2, -0.15) is 0 Å². The predicted molar refractivity (Wildman–Crippen MR) is 79.4 cm³/mol. The first-order valence-corrected chi connectivity index (χ1v) is 8.13. The molecule has 2 atom stereocenters. The quantitative estimate of drug-likeness (QED) is 0.650. The number of phenols is 1. The lowest BCUT2D eigenvalue weighted by atomic mass is 9.99. The van der Waals surface area contributed by atoms with E-state index in [0.29, 0.717) is 0 Å². The van der Waals surface area contributed by atoms with Crippen LogP contribution in [-0.2, 0) is 17.8 Å². The summed E-state index contributed by atoms with van der Waals surface area (Å²) in [5.41, 5.74) is 1.78. The molecule has 1 aromatic rings. The van der Waals surface area contributed by atoms with Crippen LogP contribution in [-0.4, -0.2) is 14.4 Å². The molecule has 20 heavy (non-hydrogen) atoms. The number of phenolic OH excluding ortho intramolecular Hbond substituents is 1. The van der Waals surface area contributed by atoms with Crippen LogP contribution in [0.1, 0.15) is 57.2 Å². The Labute approximate surface area is 122 Å². The third-order valence-corrected chi connectivity index (χ3v) is 5.19. The van der Waals surface area contributed by atoms with Crippen molar-refractivity contribution >= 4 is 11.4 Å². The average molecular weight is 299 g/mol. The maximum absolute atomic E-state index is 13.6. The molecule has 0 saturated heterocycles. The molecule has 0 aliphatic heterocycles. The Morgan fingerprint density at radius 2 is 2.05 bits per heavy atom. The molecule has 0 saturated carbocycles. The molecule has 0 unspecified atom stereocenters. The second-order valence-corrected chi connectivity index (χ2v) is 8.30. The van der Waals surface area contributed by atoms with E-state index in [1.54, 1.807) is 0 Å². The minimum atomic E-state index is -1.20. The number of aryl methyl sites for hydroxylation is 1. The number of halogens is 1. The predicted octanol–water partition coefficient (Wildman–Crippen LogP) is 3.35. The minimum absolute atomic E-state index is 0.123. The lowest BCUT2D eigenvalue weighted by molar-refractivity contribution is 0.430. The molecule has 0 spiro atoms. The Balaban J connectivity index is 2.30. The maximum Gasteiger partial charge on any atom is 0.165 e. The molecule has 3 nitrogen and oxygen atoms in total. The van der Waals surface area contributed by atoms with Crippen molar-refractivity contribution in [1.29, 1.82) is 0 Å². The van der Waals surface area contributed by atoms with E-state index in [9.17, 15) is 14.0 Å². The molecule has 1 aromatic carbocycles. The molecule has 0 heterocycles. The van der Waals surface area contributed by atoms with Crippen LogP contribution in [0.2, 0.25) is 0 Å². The number of hydrogen-bond donors (Lipinski definition) is 2. The number of fused-ring (bicyclic) bond motifs is 1. The van der Waals surface area contributed by atoms with Crippen molar-refractivity contribution in [2.75, 3.05) is 0 Å². The Hall–Kier alpha value is -0.780. The third kappa shape index (κ3) is 3.45. The molecule has 2 N–H and O–H groups in total. The van der Waals surface area contributed by atoms with Gasteiger partial charge in [0.2, 0.25) is 0 Å². The van der Waals surface area contributed by atoms with Crippen molar-refractivity contribution in [3.8, 4) is 5.75 Å². The second kappa shape index (κ2) is 5.92. The van der Waals surface area contributed by atoms with Crippen LogP contribution in [0.3, 0.4) is 0 Å². The van der Waals surface area contributed by atoms with E-state index < -0.39 is 17.2 Å². The summed E-state index contributed by atoms with van der Waals surface area (Å²) in [6, 6.07) is 2.76. The van der Waals surface area contributed by atoms with Gasteiger partial charge in [-0.05, 0) is 63.3 Å². The molecule has 1 aliphatic carbocycles. The molecule has 112 valence electrons. The minimum Gasteiger partial charge on any atom is -0.598 e. The van der Waals surface area contributed by atoms with Crippen molar-refractivity contribution in [3.63, 3.8) is 0 Å². The standard InChI is InChI=1S/C15H22FNO2S/c1-15(2,3)20(19)17-13-7-5-4-6-10-8-14(18)12(16)9-11(10)13/h8-9,13,17-18H,4-7H2,1-3H3/t13-,20+/m1/s1. The number of rotatable bonds is 2. The SMILES string of the molecule is CC(C)(C)[S@+]([O-])N[C@@H]1CCCCc2cc(O)c(F)cc21. The van der Waals surface area contributed by atoms with Crippen molar-refractivity contribution in [3.05, 3.63) is 29.1 Å². The topological polar surface area (TPSA) is 55.3 Å². The Bertz CT molecular complexity index is 487. The molecule has 2 rings (SSSR count). The first-order chi connectivity index (χ1) is 9.29. The van der Waals surface area contributed by atoms with Crippen LogP contribution in [0.4, 0.5) is 4.39 Å². The van der Waals surface area contributed by atoms with Crippen molar-refractivity contribution in [2.45, 2.75) is 57.2 Å². The van der Waals surface area contributed by atoms with Crippen molar-refractivity contribution < 1.29 is 14.0 Å². The smallest absolute Gasteiger partial charge is 0.165 e. The molecule has 0 radical (unpaired) electrons. The van der Waals surface area contributed by atoms with Crippen LogP contribution < -0.4 is 4.72 Å². The number of benzene rings is 1. The lowest BCUT2D eigenvalue weighted by Gasteiger charge is -2.28. The fraction of sp³-hybridized carbons (Fsp3) is 0.600. The van der Waals surface area contributed by atoms with E-state index >= 15 is 0 Å². The highest BCUT2D eigenvalue weighted by atomic mass is 32.2. The van der Waals surface area contributed by atoms with E-state index in [1.807, 2.05) is 20.8 Å². The summed E-state index contributed by atoms with van der Waals surface area (Å²) in [6.45, 7) is 5.72. The molecule has 5 heteroatoms. The number of hydrogen-bond acceptors (Lipinski definition) is 3. The number of nitrogens with one attached hydrogen (secondary N) is 1. The van der Waals surface area contributed by atoms with E-state index in [0.717, 1.165) is 36.8 Å². The van der Waals surface area contributed by atoms with Gasteiger partial charge in [0.25, 0.3) is 0 Å². The normalized spacial score (nSPS) is 21.1. The van der Waals surface area contributed by atoms with Crippen LogP contribution in [0.5, 0.6) is 5.75 Å². The molecule has 0 fully saturated rings. The highest BCUT2D eigenvalue weighted by Crippen LogP contribution is 2.33. The fourth-order valence-corrected chi connectivity index (χ4v) is 3.27. The summed E-state index contributed by atoms with van der Waals surface area (Å²) in [7, 11) is 0. The molecule has 0 aromatic heterocycles. The van der Waals surface area contributed by atoms with Crippen LogP contribution in [0.25, 0.3) is 0 Å². The average Bonchev–Trinajstić information content (AvgIpc) is 2.52. The van der Waals surface area contributed by atoms with Gasteiger partial charge in [0.15, 0.2) is 11.6 Å². The van der Waals surface area contributed by atoms with Gasteiger partial charge < -0.3 is 9.66 Å². The largest absolute Gasteiger partial charge is 0.598 e. The summed E-state index contributed by atoms with van der Waals surface area (Å²) in [5.74, 6) is -0.916. The zero-order valence-corrected chi connectivity index (χ0v) is 13.0. The monoisotopic (exact) mass is 299 g/mol. The van der Waals surface area contributed by atoms with Crippen molar-refractivity contribution in [1.82, 2.24) is 4.72 Å². The van der Waals surface area contributed by atoms with Crippen LogP contribution in [0.15, 0.2) is 12.1 Å². The Kier molecular flexibility index (Phi) is 4.62. The van der Waals surface area contributed by atoms with Crippen LogP contribution >= 0.6 is 0 Å². The Morgan fingerprint density at radius 3 is 2.70 bits per heavy atom. The molecule has 0 bridgehead atoms. The molecular weight excluding hydrogens is 277 g/mol. The second-order valence-electron chi connectivity index (χ2n) is 6.30. The Morgan fingerprint density at radius 1 is 1.35 bits per heavy atom. The summed E-state index contributed by atoms with van der Waals surface area (Å²) >= 11 is -1.20. The zero-order chi connectivity index (χ0) is 14.9. The first-order valence-electron chi connectivity index (χ1n) is 6.98. The van der Waals surface area contributed by atoms with Crippen LogP contribution in [0, 0.1) is 5.82 Å². The fourth-order valence-electron chi connectivity index (χ4n) is 2.41. The summed E-state index contributed by atoms with van der Waals surface area (Å²) in [5, 5.41) is 9.51. The summed E-state index contributed by atoms with van der Waals surface area (Å²) < 4.78 is 28.7. The van der Waals surface area contributed by atoms with Gasteiger partial charge >= 0.3 is 0 Å². The first kappa shape index (κ1) is 15.6. The van der Waals surface area contributed by atoms with E-state index in [-0.39, 0.29) is 16.5 Å². The summed E-state index contributed by atoms with van der Waals surface area (Å²) in [6.07, 6.45) is 3.65. The maximum atomic E-state index is 13.6. The highest BCUT2D eigenvalue weighted by molar-refractivity contribution is 7.90. The van der Waals surface area contributed by atoms with Gasteiger partial charge in [0.05, 0.1) is 6.04 Å². The highest BCUT2D eigenvalue weighted by Gasteiger charge is 2.31. The van der Waals surface area contributed by atoms with Gasteiger partial charge in [-0.15, -0.1) is 4.72 Å². The molecular formula is C15H22FNO2S.